The van der Waals surface area contributed by atoms with Crippen LogP contribution in [0, 0.1) is 6.92 Å². The maximum absolute atomic E-state index is 12.5. The van der Waals surface area contributed by atoms with Crippen molar-refractivity contribution in [3.8, 4) is 5.75 Å². The Morgan fingerprint density at radius 1 is 1.17 bits per heavy atom. The van der Waals surface area contributed by atoms with Gasteiger partial charge in [-0.2, -0.15) is 0 Å². The molecule has 2 N–H and O–H groups in total. The van der Waals surface area contributed by atoms with Crippen molar-refractivity contribution < 1.29 is 17.9 Å². The van der Waals surface area contributed by atoms with Crippen molar-refractivity contribution >= 4 is 44.0 Å². The number of hydrogen-bond acceptors (Lipinski definition) is 7. The normalized spacial score (nSPS) is 11.3. The topological polar surface area (TPSA) is 110 Å². The van der Waals surface area contributed by atoms with Crippen molar-refractivity contribution in [1.82, 2.24) is 14.9 Å². The summed E-state index contributed by atoms with van der Waals surface area (Å²) in [6, 6.07) is 11.3. The van der Waals surface area contributed by atoms with Gasteiger partial charge in [0, 0.05) is 18.0 Å². The molecule has 0 atom stereocenters. The minimum absolute atomic E-state index is 0.154. The molecule has 158 valence electrons. The van der Waals surface area contributed by atoms with Gasteiger partial charge < -0.3 is 4.74 Å². The van der Waals surface area contributed by atoms with E-state index in [0.717, 1.165) is 16.9 Å². The number of methoxy groups -OCH3 is 1. The van der Waals surface area contributed by atoms with Crippen LogP contribution in [0.5, 0.6) is 5.75 Å². The maximum atomic E-state index is 12.5. The second-order valence-electron chi connectivity index (χ2n) is 6.26. The predicted molar refractivity (Wildman–Crippen MR) is 116 cm³/mol. The van der Waals surface area contributed by atoms with Gasteiger partial charge >= 0.3 is 0 Å². The number of aromatic nitrogens is 2. The first kappa shape index (κ1) is 22.2. The number of benzene rings is 2. The van der Waals surface area contributed by atoms with Gasteiger partial charge in [-0.15, -0.1) is 10.2 Å². The van der Waals surface area contributed by atoms with Gasteiger partial charge in [0.2, 0.25) is 15.2 Å². The standard InChI is InChI=1S/C19H19ClN4O4S2/c1-12-3-6-14(7-4-12)30(26,27)21-10-9-17-23-24-19(29-17)22-18(25)15-11-13(20)5-8-16(15)28-2/h3-8,11,21H,9-10H2,1-2H3,(H,22,24,25). The molecule has 1 heterocycles. The summed E-state index contributed by atoms with van der Waals surface area (Å²) in [7, 11) is -2.14. The number of rotatable bonds is 8. The van der Waals surface area contributed by atoms with Crippen molar-refractivity contribution in [2.75, 3.05) is 19.0 Å². The molecule has 0 aliphatic rings. The van der Waals surface area contributed by atoms with Gasteiger partial charge in [-0.1, -0.05) is 40.6 Å². The van der Waals surface area contributed by atoms with Gasteiger partial charge in [0.1, 0.15) is 10.8 Å². The Morgan fingerprint density at radius 3 is 2.60 bits per heavy atom. The van der Waals surface area contributed by atoms with E-state index in [2.05, 4.69) is 20.2 Å². The minimum atomic E-state index is -3.60. The number of halogens is 1. The molecule has 0 fully saturated rings. The number of sulfonamides is 1. The highest BCUT2D eigenvalue weighted by Gasteiger charge is 2.16. The summed E-state index contributed by atoms with van der Waals surface area (Å²) in [5.41, 5.74) is 1.25. The lowest BCUT2D eigenvalue weighted by Crippen LogP contribution is -2.25. The number of carbonyl (C=O) groups is 1. The van der Waals surface area contributed by atoms with Crippen molar-refractivity contribution in [3.63, 3.8) is 0 Å². The molecule has 11 heteroatoms. The fourth-order valence-electron chi connectivity index (χ4n) is 2.52. The third-order valence-corrected chi connectivity index (χ3v) is 6.67. The zero-order valence-corrected chi connectivity index (χ0v) is 18.6. The number of aryl methyl sites for hydroxylation is 1. The molecule has 0 bridgehead atoms. The van der Waals surface area contributed by atoms with Crippen LogP contribution in [0.15, 0.2) is 47.4 Å². The monoisotopic (exact) mass is 466 g/mol. The fourth-order valence-corrected chi connectivity index (χ4v) is 4.46. The van der Waals surface area contributed by atoms with E-state index >= 15 is 0 Å². The van der Waals surface area contributed by atoms with Gasteiger partial charge in [0.15, 0.2) is 0 Å². The number of nitrogens with zero attached hydrogens (tertiary/aromatic N) is 2. The number of amides is 1. The smallest absolute Gasteiger partial charge is 0.261 e. The summed E-state index contributed by atoms with van der Waals surface area (Å²) >= 11 is 7.11. The summed E-state index contributed by atoms with van der Waals surface area (Å²) in [5, 5.41) is 11.8. The molecule has 1 amide bonds. The summed E-state index contributed by atoms with van der Waals surface area (Å²) in [6.07, 6.45) is 0.332. The van der Waals surface area contributed by atoms with E-state index in [0.29, 0.717) is 27.3 Å². The quantitative estimate of drug-likeness (QED) is 0.527. The van der Waals surface area contributed by atoms with E-state index in [4.69, 9.17) is 16.3 Å². The molecular formula is C19H19ClN4O4S2. The van der Waals surface area contributed by atoms with Gasteiger partial charge in [0.25, 0.3) is 5.91 Å². The molecule has 0 spiro atoms. The molecule has 0 radical (unpaired) electrons. The molecular weight excluding hydrogens is 448 g/mol. The fraction of sp³-hybridized carbons (Fsp3) is 0.211. The minimum Gasteiger partial charge on any atom is -0.496 e. The number of hydrogen-bond donors (Lipinski definition) is 2. The Labute approximate surface area is 183 Å². The van der Waals surface area contributed by atoms with Crippen molar-refractivity contribution in [3.05, 3.63) is 63.6 Å². The lowest BCUT2D eigenvalue weighted by Gasteiger charge is -2.07. The molecule has 8 nitrogen and oxygen atoms in total. The molecule has 3 aromatic rings. The molecule has 1 aromatic heterocycles. The van der Waals surface area contributed by atoms with Crippen molar-refractivity contribution in [1.29, 1.82) is 0 Å². The first-order valence-electron chi connectivity index (χ1n) is 8.82. The van der Waals surface area contributed by atoms with Crippen molar-refractivity contribution in [2.24, 2.45) is 0 Å². The highest BCUT2D eigenvalue weighted by atomic mass is 35.5. The zero-order chi connectivity index (χ0) is 21.7. The van der Waals surface area contributed by atoms with Crippen LogP contribution in [-0.4, -0.2) is 38.2 Å². The second kappa shape index (κ2) is 9.52. The highest BCUT2D eigenvalue weighted by molar-refractivity contribution is 7.89. The van der Waals surface area contributed by atoms with E-state index in [1.54, 1.807) is 36.4 Å². The average Bonchev–Trinajstić information content (AvgIpc) is 3.15. The Bertz CT molecular complexity index is 1150. The third-order valence-electron chi connectivity index (χ3n) is 4.06. The Morgan fingerprint density at radius 2 is 1.90 bits per heavy atom. The number of ether oxygens (including phenoxy) is 1. The number of anilines is 1. The van der Waals surface area contributed by atoms with Gasteiger partial charge in [-0.05, 0) is 37.3 Å². The summed E-state index contributed by atoms with van der Waals surface area (Å²) < 4.78 is 32.3. The second-order valence-corrected chi connectivity index (χ2v) is 9.53. The molecule has 0 unspecified atom stereocenters. The van der Waals surface area contributed by atoms with Crippen LogP contribution in [0.2, 0.25) is 5.02 Å². The summed E-state index contributed by atoms with van der Waals surface area (Å²) in [5.74, 6) is -0.0516. The number of carbonyl (C=O) groups excluding carboxylic acids is 1. The maximum Gasteiger partial charge on any atom is 0.261 e. The molecule has 0 aliphatic carbocycles. The van der Waals surface area contributed by atoms with E-state index in [1.165, 1.54) is 13.2 Å². The van der Waals surface area contributed by atoms with Crippen LogP contribution in [-0.2, 0) is 16.4 Å². The zero-order valence-electron chi connectivity index (χ0n) is 16.2. The van der Waals surface area contributed by atoms with E-state index in [-0.39, 0.29) is 17.0 Å². The first-order valence-corrected chi connectivity index (χ1v) is 11.5. The molecule has 0 aliphatic heterocycles. The predicted octanol–water partition coefficient (Wildman–Crippen LogP) is 3.28. The van der Waals surface area contributed by atoms with E-state index in [9.17, 15) is 13.2 Å². The summed E-state index contributed by atoms with van der Waals surface area (Å²) in [6.45, 7) is 2.04. The Hall–Kier alpha value is -2.53. The van der Waals surface area contributed by atoms with E-state index < -0.39 is 15.9 Å². The molecule has 3 rings (SSSR count). The SMILES string of the molecule is COc1ccc(Cl)cc1C(=O)Nc1nnc(CCNS(=O)(=O)c2ccc(C)cc2)s1. The van der Waals surface area contributed by atoms with Crippen LogP contribution in [0.4, 0.5) is 5.13 Å². The van der Waals surface area contributed by atoms with Gasteiger partial charge in [-0.3, -0.25) is 10.1 Å². The Balaban J connectivity index is 1.58. The van der Waals surface area contributed by atoms with Crippen LogP contribution in [0.3, 0.4) is 0 Å². The van der Waals surface area contributed by atoms with Gasteiger partial charge in [0.05, 0.1) is 17.6 Å². The lowest BCUT2D eigenvalue weighted by molar-refractivity contribution is 0.102. The van der Waals surface area contributed by atoms with Crippen LogP contribution >= 0.6 is 22.9 Å². The van der Waals surface area contributed by atoms with Crippen LogP contribution < -0.4 is 14.8 Å². The van der Waals surface area contributed by atoms with Crippen LogP contribution in [0.25, 0.3) is 0 Å². The van der Waals surface area contributed by atoms with Crippen LogP contribution in [0.1, 0.15) is 20.9 Å². The lowest BCUT2D eigenvalue weighted by atomic mass is 10.2. The average molecular weight is 467 g/mol. The molecule has 2 aromatic carbocycles. The summed E-state index contributed by atoms with van der Waals surface area (Å²) in [4.78, 5) is 12.7. The molecule has 0 saturated heterocycles. The van der Waals surface area contributed by atoms with Gasteiger partial charge in [-0.25, -0.2) is 13.1 Å². The first-order chi connectivity index (χ1) is 14.3. The van der Waals surface area contributed by atoms with Crippen molar-refractivity contribution in [2.45, 2.75) is 18.2 Å². The molecule has 0 saturated carbocycles. The van der Waals surface area contributed by atoms with E-state index in [1.807, 2.05) is 6.92 Å². The third kappa shape index (κ3) is 5.54. The molecule has 30 heavy (non-hydrogen) atoms. The Kier molecular flexibility index (Phi) is 7.03. The largest absolute Gasteiger partial charge is 0.496 e. The number of nitrogens with one attached hydrogen (secondary N) is 2. The highest BCUT2D eigenvalue weighted by Crippen LogP contribution is 2.24.